The average Bonchev–Trinajstić information content (AvgIpc) is 2.62. The molecular weight excluding hydrogens is 340 g/mol. The summed E-state index contributed by atoms with van der Waals surface area (Å²) in [4.78, 5) is 12.0. The van der Waals surface area contributed by atoms with Gasteiger partial charge >= 0.3 is 0 Å². The maximum absolute atomic E-state index is 12.0. The van der Waals surface area contributed by atoms with Gasteiger partial charge in [-0.2, -0.15) is 5.10 Å². The zero-order valence-electron chi connectivity index (χ0n) is 14.5. The number of hydrogen-bond acceptors (Lipinski definition) is 4. The van der Waals surface area contributed by atoms with Crippen LogP contribution in [0.25, 0.3) is 0 Å². The Bertz CT molecular complexity index is 758. The highest BCUT2D eigenvalue weighted by Crippen LogP contribution is 2.21. The first kappa shape index (κ1) is 18.8. The summed E-state index contributed by atoms with van der Waals surface area (Å²) in [6.45, 7) is 3.73. The lowest BCUT2D eigenvalue weighted by atomic mass is 10.1. The van der Waals surface area contributed by atoms with Gasteiger partial charge in [0.05, 0.1) is 12.8 Å². The Morgan fingerprint density at radius 1 is 1.20 bits per heavy atom. The Morgan fingerprint density at radius 2 is 1.92 bits per heavy atom. The molecule has 0 aliphatic rings. The molecule has 0 heterocycles. The number of hydrazone groups is 1. The Balaban J connectivity index is 1.94. The van der Waals surface area contributed by atoms with E-state index in [1.807, 2.05) is 38.1 Å². The normalized spacial score (nSPS) is 11.1. The third kappa shape index (κ3) is 5.50. The van der Waals surface area contributed by atoms with Crippen molar-refractivity contribution in [1.82, 2.24) is 5.43 Å². The summed E-state index contributed by atoms with van der Waals surface area (Å²) in [7, 11) is 1.62. The molecule has 0 aliphatic carbocycles. The zero-order valence-corrected chi connectivity index (χ0v) is 15.3. The lowest BCUT2D eigenvalue weighted by Crippen LogP contribution is -2.26. The van der Waals surface area contributed by atoms with Gasteiger partial charge in [-0.05, 0) is 66.9 Å². The fourth-order valence-corrected chi connectivity index (χ4v) is 2.44. The lowest BCUT2D eigenvalue weighted by molar-refractivity contribution is -0.123. The largest absolute Gasteiger partial charge is 0.497 e. The van der Waals surface area contributed by atoms with Gasteiger partial charge < -0.3 is 9.47 Å². The van der Waals surface area contributed by atoms with Gasteiger partial charge in [0.2, 0.25) is 0 Å². The van der Waals surface area contributed by atoms with E-state index in [2.05, 4.69) is 10.5 Å². The molecule has 0 saturated heterocycles. The minimum absolute atomic E-state index is 0.119. The van der Waals surface area contributed by atoms with E-state index in [9.17, 15) is 4.79 Å². The molecule has 0 radical (unpaired) electrons. The van der Waals surface area contributed by atoms with Crippen LogP contribution in [0.15, 0.2) is 47.6 Å². The average molecular weight is 361 g/mol. The van der Waals surface area contributed by atoms with Crippen molar-refractivity contribution >= 4 is 23.2 Å². The second-order valence-corrected chi connectivity index (χ2v) is 5.81. The van der Waals surface area contributed by atoms with Crippen LogP contribution in [0.2, 0.25) is 5.02 Å². The van der Waals surface area contributed by atoms with E-state index in [0.717, 1.165) is 22.6 Å². The first-order valence-corrected chi connectivity index (χ1v) is 8.30. The number of methoxy groups -OCH3 is 1. The van der Waals surface area contributed by atoms with Crippen LogP contribution in [0, 0.1) is 6.92 Å². The highest BCUT2D eigenvalue weighted by molar-refractivity contribution is 6.30. The molecule has 1 amide bonds. The summed E-state index contributed by atoms with van der Waals surface area (Å²) >= 11 is 5.90. The van der Waals surface area contributed by atoms with Crippen LogP contribution in [0.5, 0.6) is 11.5 Å². The predicted octanol–water partition coefficient (Wildman–Crippen LogP) is 3.97. The third-order valence-electron chi connectivity index (χ3n) is 3.57. The minimum Gasteiger partial charge on any atom is -0.497 e. The van der Waals surface area contributed by atoms with Crippen molar-refractivity contribution in [2.75, 3.05) is 13.7 Å². The molecule has 0 fully saturated rings. The van der Waals surface area contributed by atoms with E-state index in [-0.39, 0.29) is 12.5 Å². The van der Waals surface area contributed by atoms with E-state index >= 15 is 0 Å². The Kier molecular flexibility index (Phi) is 6.83. The number of nitrogens with zero attached hydrogens (tertiary/aromatic N) is 1. The molecular formula is C19H21ClN2O3. The van der Waals surface area contributed by atoms with Gasteiger partial charge in [0.1, 0.15) is 11.5 Å². The van der Waals surface area contributed by atoms with E-state index < -0.39 is 0 Å². The minimum atomic E-state index is -0.325. The SMILES string of the molecule is CC/C(=N\NC(=O)COc1ccc(Cl)cc1C)c1ccc(OC)cc1. The lowest BCUT2D eigenvalue weighted by Gasteiger charge is -2.09. The first-order valence-electron chi connectivity index (χ1n) is 7.92. The van der Waals surface area contributed by atoms with Crippen molar-refractivity contribution in [3.63, 3.8) is 0 Å². The number of hydrogen-bond donors (Lipinski definition) is 1. The van der Waals surface area contributed by atoms with Crippen LogP contribution in [0.4, 0.5) is 0 Å². The standard InChI is InChI=1S/C19H21ClN2O3/c1-4-17(14-5-8-16(24-3)9-6-14)21-22-19(23)12-25-18-10-7-15(20)11-13(18)2/h5-11H,4,12H2,1-3H3,(H,22,23)/b21-17+. The van der Waals surface area contributed by atoms with Crippen molar-refractivity contribution in [2.45, 2.75) is 20.3 Å². The summed E-state index contributed by atoms with van der Waals surface area (Å²) in [6.07, 6.45) is 0.684. The second-order valence-electron chi connectivity index (χ2n) is 5.37. The molecule has 0 aromatic heterocycles. The number of benzene rings is 2. The van der Waals surface area contributed by atoms with Crippen LogP contribution < -0.4 is 14.9 Å². The van der Waals surface area contributed by atoms with Gasteiger partial charge in [-0.15, -0.1) is 0 Å². The number of carbonyl (C=O) groups excluding carboxylic acids is 1. The van der Waals surface area contributed by atoms with Gasteiger partial charge in [0.25, 0.3) is 5.91 Å². The molecule has 0 aliphatic heterocycles. The fourth-order valence-electron chi connectivity index (χ4n) is 2.21. The van der Waals surface area contributed by atoms with Crippen LogP contribution in [0.3, 0.4) is 0 Å². The van der Waals surface area contributed by atoms with Gasteiger partial charge in [-0.1, -0.05) is 18.5 Å². The van der Waals surface area contributed by atoms with Crippen molar-refractivity contribution in [2.24, 2.45) is 5.10 Å². The number of halogens is 1. The maximum atomic E-state index is 12.0. The highest BCUT2D eigenvalue weighted by Gasteiger charge is 2.07. The van der Waals surface area contributed by atoms with Crippen LogP contribution in [0.1, 0.15) is 24.5 Å². The molecule has 0 saturated carbocycles. The zero-order chi connectivity index (χ0) is 18.2. The van der Waals surface area contributed by atoms with Gasteiger partial charge in [-0.3, -0.25) is 4.79 Å². The molecule has 0 spiro atoms. The first-order chi connectivity index (χ1) is 12.0. The Morgan fingerprint density at radius 3 is 2.52 bits per heavy atom. The summed E-state index contributed by atoms with van der Waals surface area (Å²) in [5, 5.41) is 4.82. The molecule has 2 aromatic carbocycles. The van der Waals surface area contributed by atoms with E-state index in [4.69, 9.17) is 21.1 Å². The molecule has 2 aromatic rings. The molecule has 25 heavy (non-hydrogen) atoms. The van der Waals surface area contributed by atoms with Gasteiger partial charge in [0.15, 0.2) is 6.61 Å². The third-order valence-corrected chi connectivity index (χ3v) is 3.80. The molecule has 132 valence electrons. The van der Waals surface area contributed by atoms with Crippen molar-refractivity contribution in [1.29, 1.82) is 0 Å². The monoisotopic (exact) mass is 360 g/mol. The van der Waals surface area contributed by atoms with Gasteiger partial charge in [0, 0.05) is 5.02 Å². The molecule has 0 atom stereocenters. The quantitative estimate of drug-likeness (QED) is 0.600. The van der Waals surface area contributed by atoms with Crippen LogP contribution >= 0.6 is 11.6 Å². The summed E-state index contributed by atoms with van der Waals surface area (Å²) < 4.78 is 10.6. The number of aryl methyl sites for hydroxylation is 1. The molecule has 0 bridgehead atoms. The number of nitrogens with one attached hydrogen (secondary N) is 1. The molecule has 5 nitrogen and oxygen atoms in total. The number of carbonyl (C=O) groups is 1. The van der Waals surface area contributed by atoms with Gasteiger partial charge in [-0.25, -0.2) is 5.43 Å². The predicted molar refractivity (Wildman–Crippen MR) is 99.6 cm³/mol. The molecule has 1 N–H and O–H groups in total. The second kappa shape index (κ2) is 9.08. The molecule has 6 heteroatoms. The summed E-state index contributed by atoms with van der Waals surface area (Å²) in [5.74, 6) is 1.07. The van der Waals surface area contributed by atoms with Crippen molar-refractivity contribution in [3.05, 3.63) is 58.6 Å². The fraction of sp³-hybridized carbons (Fsp3) is 0.263. The number of ether oxygens (including phenoxy) is 2. The van der Waals surface area contributed by atoms with Crippen molar-refractivity contribution in [3.8, 4) is 11.5 Å². The van der Waals surface area contributed by atoms with E-state index in [1.165, 1.54) is 0 Å². The highest BCUT2D eigenvalue weighted by atomic mass is 35.5. The molecule has 2 rings (SSSR count). The smallest absolute Gasteiger partial charge is 0.277 e. The Hall–Kier alpha value is -2.53. The maximum Gasteiger partial charge on any atom is 0.277 e. The number of amides is 1. The van der Waals surface area contributed by atoms with E-state index in [1.54, 1.807) is 25.3 Å². The van der Waals surface area contributed by atoms with E-state index in [0.29, 0.717) is 17.2 Å². The summed E-state index contributed by atoms with van der Waals surface area (Å²) in [5.41, 5.74) is 5.11. The molecule has 0 unspecified atom stereocenters. The Labute approximate surface area is 152 Å². The van der Waals surface area contributed by atoms with Crippen LogP contribution in [-0.4, -0.2) is 25.3 Å². The summed E-state index contributed by atoms with van der Waals surface area (Å²) in [6, 6.07) is 12.8. The van der Waals surface area contributed by atoms with Crippen LogP contribution in [-0.2, 0) is 4.79 Å². The number of rotatable bonds is 7. The van der Waals surface area contributed by atoms with Crippen molar-refractivity contribution < 1.29 is 14.3 Å². The topological polar surface area (TPSA) is 59.9 Å².